The zero-order valence-electron chi connectivity index (χ0n) is 68.8. The minimum absolute atomic E-state index is 0.0367. The van der Waals surface area contributed by atoms with Gasteiger partial charge in [-0.1, -0.05) is 320 Å². The molecular weight excluding hydrogens is 1360 g/mol. The van der Waals surface area contributed by atoms with Crippen molar-refractivity contribution in [2.24, 2.45) is 71.0 Å². The van der Waals surface area contributed by atoms with Crippen molar-refractivity contribution in [2.75, 3.05) is 39.8 Å². The third-order valence-electron chi connectivity index (χ3n) is 22.9. The molecule has 0 aromatic heterocycles. The zero-order chi connectivity index (χ0) is 79.0. The van der Waals surface area contributed by atoms with Crippen LogP contribution in [-0.4, -0.2) is 67.7 Å². The molecule has 0 bridgehead atoms. The van der Waals surface area contributed by atoms with Gasteiger partial charge in [0.1, 0.15) is 20.1 Å². The Morgan fingerprint density at radius 1 is 0.327 bits per heavy atom. The van der Waals surface area contributed by atoms with E-state index in [0.717, 1.165) is 91.0 Å². The van der Waals surface area contributed by atoms with Crippen LogP contribution in [0.3, 0.4) is 0 Å². The van der Waals surface area contributed by atoms with E-state index in [1.165, 1.54) is 53.7 Å². The molecule has 6 aliphatic rings. The number of allylic oxidation sites excluding steroid dienone is 18. The van der Waals surface area contributed by atoms with Crippen LogP contribution in [-0.2, 0) is 33.0 Å². The van der Waals surface area contributed by atoms with Crippen molar-refractivity contribution < 1.29 is 43.2 Å². The number of ether oxygens (including phenoxy) is 2. The molecule has 582 valence electrons. The van der Waals surface area contributed by atoms with Gasteiger partial charge in [0.05, 0.1) is 27.4 Å². The molecule has 11 heteroatoms. The predicted molar refractivity (Wildman–Crippen MR) is 455 cm³/mol. The number of rotatable bonds is 12. The third-order valence-corrected chi connectivity index (χ3v) is 28.8. The number of hydrogen-bond donors (Lipinski definition) is 2. The number of hydrogen-bond acceptors (Lipinski definition) is 9. The monoisotopic (exact) mass is 1490 g/mol. The highest BCUT2D eigenvalue weighted by molar-refractivity contribution is 7.79. The molecule has 0 unspecified atom stereocenters. The van der Waals surface area contributed by atoms with Gasteiger partial charge in [-0.25, -0.2) is 9.59 Å². The van der Waals surface area contributed by atoms with Gasteiger partial charge in [0.25, 0.3) is 0 Å². The highest BCUT2D eigenvalue weighted by atomic mass is 31.2. The number of aliphatic hydroxyl groups is 2. The normalized spacial score (nSPS) is 24.3. The topological polar surface area (TPSA) is 144 Å². The first kappa shape index (κ1) is 90.6. The first-order valence-electron chi connectivity index (χ1n) is 39.8. The summed E-state index contributed by atoms with van der Waals surface area (Å²) in [7, 11) is -2.50. The molecule has 9 nitrogen and oxygen atoms in total. The number of benzene rings is 4. The molecule has 0 aliphatic heterocycles. The van der Waals surface area contributed by atoms with Crippen LogP contribution >= 0.6 is 14.3 Å². The summed E-state index contributed by atoms with van der Waals surface area (Å²) in [5.41, 5.74) is 15.8. The maximum atomic E-state index is 14.1. The molecule has 10 rings (SSSR count). The summed E-state index contributed by atoms with van der Waals surface area (Å²) in [5.74, 6) is 5.90. The highest BCUT2D eigenvalue weighted by Crippen LogP contribution is 2.48. The molecule has 0 saturated heterocycles. The van der Waals surface area contributed by atoms with Gasteiger partial charge in [-0.3, -0.25) is 4.79 Å². The Morgan fingerprint density at radius 3 is 0.701 bits per heavy atom. The molecule has 6 saturated carbocycles. The van der Waals surface area contributed by atoms with E-state index in [0.29, 0.717) is 90.1 Å². The van der Waals surface area contributed by atoms with Crippen LogP contribution in [0.5, 0.6) is 0 Å². The van der Waals surface area contributed by atoms with Crippen molar-refractivity contribution in [3.8, 4) is 0 Å². The lowest BCUT2D eigenvalue weighted by Gasteiger charge is -2.30. The van der Waals surface area contributed by atoms with E-state index in [4.69, 9.17) is 10.2 Å². The molecule has 12 atom stereocenters. The minimum Gasteiger partial charge on any atom is -0.466 e. The Balaban J connectivity index is 0.000000237. The van der Waals surface area contributed by atoms with Crippen LogP contribution in [0.2, 0.25) is 0 Å². The van der Waals surface area contributed by atoms with E-state index in [9.17, 15) is 23.5 Å². The molecule has 0 radical (unpaired) electrons. The smallest absolute Gasteiger partial charge is 0.330 e. The first-order valence-corrected chi connectivity index (χ1v) is 43.6. The van der Waals surface area contributed by atoms with Gasteiger partial charge in [-0.15, -0.1) is 0 Å². The number of methoxy groups -OCH3 is 2. The number of carbonyl (C=O) groups excluding carboxylic acids is 3. The molecule has 107 heavy (non-hydrogen) atoms. The molecule has 0 heterocycles. The molecule has 0 amide bonds. The summed E-state index contributed by atoms with van der Waals surface area (Å²) in [6.45, 7) is 37.6. The van der Waals surface area contributed by atoms with E-state index in [1.54, 1.807) is 28.4 Å². The van der Waals surface area contributed by atoms with Crippen molar-refractivity contribution in [1.29, 1.82) is 0 Å². The third kappa shape index (κ3) is 27.2. The van der Waals surface area contributed by atoms with Gasteiger partial charge in [0, 0.05) is 57.5 Å². The highest BCUT2D eigenvalue weighted by Gasteiger charge is 2.33. The summed E-state index contributed by atoms with van der Waals surface area (Å²) in [6.07, 6.45) is 36.4. The molecule has 4 aromatic rings. The number of ketones is 1. The minimum atomic E-state index is -2.64. The Labute approximate surface area is 647 Å². The maximum absolute atomic E-state index is 14.1. The Bertz CT molecular complexity index is 3550. The van der Waals surface area contributed by atoms with Gasteiger partial charge >= 0.3 is 11.9 Å². The second-order valence-corrected chi connectivity index (χ2v) is 37.0. The first-order chi connectivity index (χ1) is 51.1. The summed E-state index contributed by atoms with van der Waals surface area (Å²) >= 11 is 0. The lowest BCUT2D eigenvalue weighted by Crippen LogP contribution is -2.26. The van der Waals surface area contributed by atoms with Crippen molar-refractivity contribution in [3.05, 3.63) is 249 Å². The summed E-state index contributed by atoms with van der Waals surface area (Å²) in [4.78, 5) is 33.6. The van der Waals surface area contributed by atoms with Crippen molar-refractivity contribution in [3.63, 3.8) is 0 Å². The zero-order valence-corrected chi connectivity index (χ0v) is 70.6. The van der Waals surface area contributed by atoms with Gasteiger partial charge < -0.3 is 28.8 Å². The molecule has 0 spiro atoms. The van der Waals surface area contributed by atoms with E-state index in [1.807, 2.05) is 147 Å². The number of carbonyl (C=O) groups is 3. The van der Waals surface area contributed by atoms with Gasteiger partial charge in [0.2, 0.25) is 0 Å². The predicted octanol–water partition coefficient (Wildman–Crippen LogP) is 22.5. The summed E-state index contributed by atoms with van der Waals surface area (Å²) in [6, 6.07) is 39.9. The van der Waals surface area contributed by atoms with E-state index >= 15 is 0 Å². The fraction of sp³-hybridized carbons (Fsp3) is 0.490. The number of esters is 2. The second-order valence-electron chi connectivity index (χ2n) is 31.3. The fourth-order valence-corrected chi connectivity index (χ4v) is 23.0. The number of Topliss-reactive ketones (excluding diaryl/α,β-unsaturated/α-hetero) is 1. The second kappa shape index (κ2) is 45.9. The van der Waals surface area contributed by atoms with Crippen molar-refractivity contribution in [1.82, 2.24) is 0 Å². The quantitative estimate of drug-likeness (QED) is 0.0613. The van der Waals surface area contributed by atoms with Crippen LogP contribution in [0.4, 0.5) is 0 Å². The standard InChI is InChI=1S/2C24H29OP.C13H20O2.2C12H20O.C11H16O3/c2*1-4-24-19(2)17-21(18-20(24)3)15-16-26(25,22-11-7-5-8-12-22)23-13-9-6-10-14-23;1-5-12-9(2)6-11(7-10(12)3)8-13(14)15-4;2*1-4-12-9(2)7-11(5-6-13)8-10(12)3;1-7-4-9(6-10(12)14-3)5-8(2)11(7)13/h2*4-15,19-20H,16-18H2,1-3H3;5,8-10H,6-7H2,1-4H3;2*4-5,9-10,13H,6-8H2,1-3H3;6-8H,4-5H2,1-3H3/t2*19-,20-;3*9-,10-;7-,8-/m111111/s1. The van der Waals surface area contributed by atoms with Gasteiger partial charge in [-0.2, -0.15) is 0 Å². The molecule has 2 N–H and O–H groups in total. The van der Waals surface area contributed by atoms with Crippen LogP contribution < -0.4 is 21.2 Å². The Hall–Kier alpha value is -6.99. The van der Waals surface area contributed by atoms with Crippen LogP contribution in [0.25, 0.3) is 0 Å². The lowest BCUT2D eigenvalue weighted by molar-refractivity contribution is -0.135. The lowest BCUT2D eigenvalue weighted by atomic mass is 9.76. The van der Waals surface area contributed by atoms with Gasteiger partial charge in [-0.05, 0) is 171 Å². The Morgan fingerprint density at radius 2 is 0.514 bits per heavy atom. The van der Waals surface area contributed by atoms with Crippen LogP contribution in [0.15, 0.2) is 249 Å². The fourth-order valence-electron chi connectivity index (χ4n) is 17.9. The van der Waals surface area contributed by atoms with Crippen molar-refractivity contribution in [2.45, 2.75) is 195 Å². The summed E-state index contributed by atoms with van der Waals surface area (Å²) < 4.78 is 37.4. The Kier molecular flexibility index (Phi) is 38.8. The average molecular weight is 1490 g/mol. The largest absolute Gasteiger partial charge is 0.466 e. The van der Waals surface area contributed by atoms with E-state index in [-0.39, 0.29) is 37.0 Å². The van der Waals surface area contributed by atoms with E-state index in [2.05, 4.69) is 156 Å². The van der Waals surface area contributed by atoms with Gasteiger partial charge in [0.15, 0.2) is 0 Å². The summed E-state index contributed by atoms with van der Waals surface area (Å²) in [5, 5.41) is 21.5. The van der Waals surface area contributed by atoms with E-state index < -0.39 is 14.3 Å². The van der Waals surface area contributed by atoms with Crippen molar-refractivity contribution >= 4 is 53.2 Å². The molecular formula is C96H134O9P2. The van der Waals surface area contributed by atoms with Crippen LogP contribution in [0.1, 0.15) is 195 Å². The average Bonchev–Trinajstić information content (AvgIpc) is 0.796. The molecule has 6 fully saturated rings. The number of aliphatic hydroxyl groups excluding tert-OH is 2. The SMILES string of the molecule is CC=C1[C@H](C)CC(=CC(=O)OC)C[C@H]1C.CC=C1[C@H](C)CC(=CCO)C[C@H]1C.CC=C1[C@H](C)CC(=CCO)C[C@H]1C.CC=C1[C@H](C)CC(=CCP(=O)(c2ccccc2)c2ccccc2)C[C@H]1C.CC=C1[C@H](C)CC(=CCP(=O)(c2ccccc2)c2ccccc2)C[C@H]1C.COC(=O)C=C1C[C@@H](C)C(=O)[C@H](C)C1. The molecule has 6 aliphatic carbocycles. The maximum Gasteiger partial charge on any atom is 0.330 e. The molecule has 4 aromatic carbocycles. The van der Waals surface area contributed by atoms with Crippen LogP contribution in [0, 0.1) is 71.0 Å².